The van der Waals surface area contributed by atoms with Crippen LogP contribution in [0.5, 0.6) is 0 Å². The predicted octanol–water partition coefficient (Wildman–Crippen LogP) is 1.10. The van der Waals surface area contributed by atoms with Crippen LogP contribution in [0.4, 0.5) is 0 Å². The number of ether oxygens (including phenoxy) is 1. The van der Waals surface area contributed by atoms with Crippen molar-refractivity contribution in [3.63, 3.8) is 0 Å². The van der Waals surface area contributed by atoms with Crippen LogP contribution < -0.4 is 5.09 Å². The van der Waals surface area contributed by atoms with Crippen LogP contribution in [0.15, 0.2) is 30.3 Å². The Morgan fingerprint density at radius 3 is 2.48 bits per heavy atom. The summed E-state index contributed by atoms with van der Waals surface area (Å²) < 4.78 is 17.2. The Hall–Kier alpha value is -1.63. The molecule has 9 heteroatoms. The van der Waals surface area contributed by atoms with Crippen molar-refractivity contribution < 1.29 is 23.3 Å². The minimum atomic E-state index is -1.42. The van der Waals surface area contributed by atoms with E-state index in [9.17, 15) is 18.6 Å². The van der Waals surface area contributed by atoms with E-state index in [-0.39, 0.29) is 11.7 Å². The van der Waals surface area contributed by atoms with Crippen molar-refractivity contribution in [3.8, 4) is 0 Å². The molecular weight excluding hydrogens is 387 g/mol. The Morgan fingerprint density at radius 2 is 1.89 bits per heavy atom. The zero-order valence-electron chi connectivity index (χ0n) is 15.7. The van der Waals surface area contributed by atoms with Gasteiger partial charge >= 0.3 is 5.97 Å². The maximum Gasteiger partial charge on any atom is 0.330 e. The Kier molecular flexibility index (Phi) is 5.52. The summed E-state index contributed by atoms with van der Waals surface area (Å²) in [6.45, 7) is 6.91. The zero-order chi connectivity index (χ0) is 19.9. The molecule has 0 aliphatic carbocycles. The monoisotopic (exact) mass is 410 g/mol. The van der Waals surface area contributed by atoms with Gasteiger partial charge in [0, 0.05) is 5.56 Å². The second-order valence-corrected chi connectivity index (χ2v) is 11.5. The summed E-state index contributed by atoms with van der Waals surface area (Å²) in [7, 11) is -1.98. The first-order chi connectivity index (χ1) is 12.7. The number of Topliss-reactive ketones (excluding diaryl/α,β-unsaturated/α-hetero) is 1. The van der Waals surface area contributed by atoms with Crippen LogP contribution in [0.2, 0.25) is 0 Å². The second kappa shape index (κ2) is 7.41. The highest BCUT2D eigenvalue weighted by molar-refractivity contribution is 7.87. The van der Waals surface area contributed by atoms with E-state index < -0.39 is 53.7 Å². The number of fused-ring (bicyclic) bond motifs is 1. The smallest absolute Gasteiger partial charge is 0.330 e. The lowest BCUT2D eigenvalue weighted by Gasteiger charge is -2.44. The van der Waals surface area contributed by atoms with Crippen LogP contribution in [-0.4, -0.2) is 68.9 Å². The van der Waals surface area contributed by atoms with Gasteiger partial charge < -0.3 is 9.64 Å². The summed E-state index contributed by atoms with van der Waals surface area (Å²) in [6.07, 6.45) is 0. The third-order valence-corrected chi connectivity index (χ3v) is 7.81. The van der Waals surface area contributed by atoms with Gasteiger partial charge in [0.2, 0.25) is 5.91 Å². The van der Waals surface area contributed by atoms with Gasteiger partial charge in [0.05, 0.1) is 15.5 Å². The molecule has 1 amide bonds. The van der Waals surface area contributed by atoms with Gasteiger partial charge in [-0.1, -0.05) is 30.3 Å². The molecule has 3 rings (SSSR count). The molecule has 2 aliphatic heterocycles. The van der Waals surface area contributed by atoms with Gasteiger partial charge in [-0.15, -0.1) is 0 Å². The van der Waals surface area contributed by atoms with Gasteiger partial charge in [0.15, 0.2) is 12.4 Å². The fourth-order valence-electron chi connectivity index (χ4n) is 3.46. The maximum absolute atomic E-state index is 12.9. The van der Waals surface area contributed by atoms with Gasteiger partial charge in [-0.05, 0) is 35.2 Å². The minimum Gasteiger partial charge on any atom is -0.456 e. The number of β-lactam (4-membered cyclic amide) rings is 1. The number of carbonyl (C=O) groups is 3. The summed E-state index contributed by atoms with van der Waals surface area (Å²) in [4.78, 5) is 38.8. The molecule has 2 aliphatic rings. The minimum absolute atomic E-state index is 0.244. The molecule has 0 radical (unpaired) electrons. The third kappa shape index (κ3) is 3.46. The molecular formula is C18H23N2O5PS. The number of ketones is 1. The molecule has 2 fully saturated rings. The van der Waals surface area contributed by atoms with Crippen molar-refractivity contribution in [1.29, 1.82) is 0 Å². The van der Waals surface area contributed by atoms with Crippen molar-refractivity contribution in [2.75, 3.05) is 19.9 Å². The molecule has 2 heterocycles. The maximum atomic E-state index is 12.9. The number of amides is 1. The molecule has 0 spiro atoms. The van der Waals surface area contributed by atoms with Gasteiger partial charge in [-0.3, -0.25) is 18.9 Å². The van der Waals surface area contributed by atoms with Crippen molar-refractivity contribution in [3.05, 3.63) is 35.9 Å². The van der Waals surface area contributed by atoms with E-state index in [0.29, 0.717) is 5.56 Å². The molecule has 1 aromatic carbocycles. The highest BCUT2D eigenvalue weighted by Crippen LogP contribution is 2.45. The van der Waals surface area contributed by atoms with Crippen LogP contribution in [0, 0.1) is 0 Å². The van der Waals surface area contributed by atoms with Crippen molar-refractivity contribution >= 4 is 36.5 Å². The van der Waals surface area contributed by atoms with E-state index in [1.807, 2.05) is 13.3 Å². The van der Waals surface area contributed by atoms with E-state index >= 15 is 0 Å². The summed E-state index contributed by atoms with van der Waals surface area (Å²) >= 11 is 0. The van der Waals surface area contributed by atoms with E-state index in [1.54, 1.807) is 44.2 Å². The zero-order valence-corrected chi connectivity index (χ0v) is 17.4. The number of nitrogens with one attached hydrogen (secondary N) is 1. The molecule has 0 bridgehead atoms. The van der Waals surface area contributed by atoms with Crippen LogP contribution in [-0.2, 0) is 25.1 Å². The van der Waals surface area contributed by atoms with Crippen LogP contribution >= 0.6 is 8.07 Å². The van der Waals surface area contributed by atoms with Crippen molar-refractivity contribution in [1.82, 2.24) is 9.99 Å². The van der Waals surface area contributed by atoms with Gasteiger partial charge in [-0.2, -0.15) is 0 Å². The number of hydrogen-bond acceptors (Lipinski definition) is 6. The van der Waals surface area contributed by atoms with Crippen LogP contribution in [0.3, 0.4) is 0 Å². The number of benzene rings is 1. The van der Waals surface area contributed by atoms with E-state index in [4.69, 9.17) is 4.74 Å². The molecule has 4 atom stereocenters. The first kappa shape index (κ1) is 20.1. The number of hydrogen-bond donors (Lipinski definition) is 1. The van der Waals surface area contributed by atoms with Crippen LogP contribution in [0.25, 0.3) is 0 Å². The number of rotatable bonds is 6. The lowest BCUT2D eigenvalue weighted by atomic mass is 9.96. The Balaban J connectivity index is 1.72. The van der Waals surface area contributed by atoms with E-state index in [2.05, 4.69) is 5.09 Å². The van der Waals surface area contributed by atoms with Crippen LogP contribution in [0.1, 0.15) is 24.2 Å². The highest BCUT2D eigenvalue weighted by Gasteiger charge is 2.68. The standard InChI is InChI=1S/C18H23N2O5PS/c1-18(2)14(17(23)25-10-12(21)11-8-6-5-7-9-11)20-15(22)13(19-26(3)4)16(20)27(18)24/h5-9,13-14,16,19H,10H2,1-4H3/t13-,14+,16-,27?/m1/s1. The molecule has 0 saturated carbocycles. The van der Waals surface area contributed by atoms with E-state index in [1.165, 1.54) is 4.90 Å². The normalized spacial score (nSPS) is 28.6. The van der Waals surface area contributed by atoms with Gasteiger partial charge in [-0.25, -0.2) is 4.79 Å². The van der Waals surface area contributed by atoms with E-state index in [0.717, 1.165) is 0 Å². The number of carbonyl (C=O) groups excluding carboxylic acids is 3. The van der Waals surface area contributed by atoms with Crippen molar-refractivity contribution in [2.45, 2.75) is 36.1 Å². The number of esters is 1. The fourth-order valence-corrected chi connectivity index (χ4v) is 6.29. The molecule has 7 nitrogen and oxygen atoms in total. The highest BCUT2D eigenvalue weighted by atomic mass is 32.2. The molecule has 1 aromatic rings. The molecule has 0 aromatic heterocycles. The molecule has 2 saturated heterocycles. The predicted molar refractivity (Wildman–Crippen MR) is 104 cm³/mol. The average molecular weight is 410 g/mol. The Labute approximate surface area is 162 Å². The molecule has 1 unspecified atom stereocenters. The third-order valence-electron chi connectivity index (χ3n) is 4.82. The lowest BCUT2D eigenvalue weighted by molar-refractivity contribution is -0.162. The molecule has 27 heavy (non-hydrogen) atoms. The van der Waals surface area contributed by atoms with Gasteiger partial charge in [0.25, 0.3) is 0 Å². The Bertz CT molecular complexity index is 798. The molecule has 1 N–H and O–H groups in total. The van der Waals surface area contributed by atoms with Crippen molar-refractivity contribution in [2.24, 2.45) is 0 Å². The lowest BCUT2D eigenvalue weighted by Crippen LogP contribution is -2.70. The first-order valence-electron chi connectivity index (χ1n) is 8.57. The number of nitrogens with zero attached hydrogens (tertiary/aromatic N) is 1. The Morgan fingerprint density at radius 1 is 1.26 bits per heavy atom. The molecule has 146 valence electrons. The fraction of sp³-hybridized carbons (Fsp3) is 0.500. The average Bonchev–Trinajstić information content (AvgIpc) is 2.82. The summed E-state index contributed by atoms with van der Waals surface area (Å²) in [5.41, 5.74) is 0.445. The summed E-state index contributed by atoms with van der Waals surface area (Å²) in [5, 5.41) is 2.63. The quantitative estimate of drug-likeness (QED) is 0.327. The van der Waals surface area contributed by atoms with Gasteiger partial charge in [0.1, 0.15) is 17.5 Å². The topological polar surface area (TPSA) is 92.8 Å². The second-order valence-electron chi connectivity index (χ2n) is 7.34. The summed E-state index contributed by atoms with van der Waals surface area (Å²) in [6, 6.07) is 7.04. The largest absolute Gasteiger partial charge is 0.456 e. The SMILES string of the molecule is CP(C)N[C@@H]1C(=O)N2[C@@H]1S(=O)C(C)(C)[C@@H]2C(=O)OCC(=O)c1ccccc1. The first-order valence-corrected chi connectivity index (χ1v) is 12.0. The summed E-state index contributed by atoms with van der Waals surface area (Å²) in [5.74, 6) is -1.26.